The Kier molecular flexibility index (Phi) is 11.1. The van der Waals surface area contributed by atoms with Gasteiger partial charge in [0.25, 0.3) is 0 Å². The average molecular weight is 403 g/mol. The molecule has 0 saturated heterocycles. The van der Waals surface area contributed by atoms with Gasteiger partial charge in [-0.3, -0.25) is 0 Å². The highest BCUT2D eigenvalue weighted by atomic mass is 35.5. The van der Waals surface area contributed by atoms with Crippen molar-refractivity contribution in [2.45, 2.75) is 18.6 Å². The highest BCUT2D eigenvalue weighted by Gasteiger charge is 2.05. The number of rotatable bonds is 8. The van der Waals surface area contributed by atoms with E-state index in [1.165, 1.54) is 0 Å². The van der Waals surface area contributed by atoms with Gasteiger partial charge >= 0.3 is 0 Å². The molecule has 0 bridgehead atoms. The van der Waals surface area contributed by atoms with Crippen molar-refractivity contribution in [3.63, 3.8) is 0 Å². The summed E-state index contributed by atoms with van der Waals surface area (Å²) in [6, 6.07) is 14.3. The zero-order valence-electron chi connectivity index (χ0n) is 14.3. The van der Waals surface area contributed by atoms with Crippen molar-refractivity contribution in [2.24, 2.45) is 0 Å². The Hall–Kier alpha value is -1.50. The Morgan fingerprint density at radius 1 is 0.692 bits per heavy atom. The van der Waals surface area contributed by atoms with Crippen LogP contribution in [-0.2, 0) is 11.2 Å². The van der Waals surface area contributed by atoms with Crippen LogP contribution in [0, 0.1) is 0 Å². The first-order chi connectivity index (χ1) is 12.4. The predicted molar refractivity (Wildman–Crippen MR) is 103 cm³/mol. The van der Waals surface area contributed by atoms with E-state index in [0.717, 1.165) is 17.5 Å². The van der Waals surface area contributed by atoms with E-state index >= 15 is 0 Å². The van der Waals surface area contributed by atoms with Crippen LogP contribution in [0.5, 0.6) is 11.5 Å². The van der Waals surface area contributed by atoms with E-state index in [0.29, 0.717) is 0 Å². The van der Waals surface area contributed by atoms with Crippen molar-refractivity contribution in [3.8, 4) is 11.5 Å². The molecule has 26 heavy (non-hydrogen) atoms. The van der Waals surface area contributed by atoms with Gasteiger partial charge in [-0.2, -0.15) is 0 Å². The lowest BCUT2D eigenvalue weighted by Gasteiger charge is -2.10. The van der Waals surface area contributed by atoms with E-state index < -0.39 is 12.2 Å². The van der Waals surface area contributed by atoms with Gasteiger partial charge in [-0.25, -0.2) is 0 Å². The van der Waals surface area contributed by atoms with Gasteiger partial charge in [-0.15, -0.1) is 23.2 Å². The molecule has 0 aliphatic carbocycles. The molecule has 2 rings (SSSR count). The molecule has 0 spiro atoms. The number of phenolic OH excluding ortho intramolecular Hbond substituents is 2. The molecule has 144 valence electrons. The molecule has 0 aliphatic heterocycles. The molecule has 2 atom stereocenters. The van der Waals surface area contributed by atoms with E-state index in [-0.39, 0.29) is 36.5 Å². The highest BCUT2D eigenvalue weighted by Crippen LogP contribution is 2.16. The number of halogens is 2. The van der Waals surface area contributed by atoms with Crippen molar-refractivity contribution >= 4 is 23.2 Å². The monoisotopic (exact) mass is 402 g/mol. The zero-order chi connectivity index (χ0) is 19.4. The molecule has 0 fully saturated rings. The number of benzene rings is 2. The Bertz CT molecular complexity index is 551. The molecule has 0 aromatic heterocycles. The van der Waals surface area contributed by atoms with Crippen LogP contribution < -0.4 is 0 Å². The van der Waals surface area contributed by atoms with Crippen molar-refractivity contribution in [2.75, 3.05) is 25.0 Å². The number of alkyl halides is 2. The third-order valence-corrected chi connectivity index (χ3v) is 3.97. The van der Waals surface area contributed by atoms with Crippen LogP contribution in [0.3, 0.4) is 0 Å². The first-order valence-corrected chi connectivity index (χ1v) is 9.13. The van der Waals surface area contributed by atoms with Crippen LogP contribution in [0.4, 0.5) is 0 Å². The maximum absolute atomic E-state index is 9.13. The van der Waals surface area contributed by atoms with Crippen LogP contribution in [0.2, 0.25) is 0 Å². The molecule has 2 aromatic carbocycles. The van der Waals surface area contributed by atoms with Gasteiger partial charge < -0.3 is 25.2 Å². The fourth-order valence-electron chi connectivity index (χ4n) is 1.89. The lowest BCUT2D eigenvalue weighted by molar-refractivity contribution is 0.00593. The molecule has 2 aromatic rings. The number of ether oxygens (including phenoxy) is 1. The van der Waals surface area contributed by atoms with Crippen LogP contribution >= 0.6 is 23.2 Å². The third-order valence-electron chi connectivity index (χ3n) is 3.26. The van der Waals surface area contributed by atoms with Crippen molar-refractivity contribution < 1.29 is 25.2 Å². The SMILES string of the molecule is OC(CCl)COCC(O)CCl.Oc1ccc(Cc2ccc(O)cc2)cc1. The summed E-state index contributed by atoms with van der Waals surface area (Å²) in [5.41, 5.74) is 2.27. The summed E-state index contributed by atoms with van der Waals surface area (Å²) in [5.74, 6) is 0.836. The fraction of sp³-hybridized carbons (Fsp3) is 0.368. The number of aliphatic hydroxyl groups excluding tert-OH is 2. The van der Waals surface area contributed by atoms with Gasteiger partial charge in [0, 0.05) is 0 Å². The number of phenols is 2. The Labute approximate surface area is 163 Å². The summed E-state index contributed by atoms with van der Waals surface area (Å²) in [6.45, 7) is 0.273. The molecule has 5 nitrogen and oxygen atoms in total. The summed E-state index contributed by atoms with van der Waals surface area (Å²) >= 11 is 10.6. The second-order valence-electron chi connectivity index (χ2n) is 5.66. The van der Waals surface area contributed by atoms with Gasteiger partial charge in [0.05, 0.1) is 37.2 Å². The largest absolute Gasteiger partial charge is 0.508 e. The lowest BCUT2D eigenvalue weighted by atomic mass is 10.1. The molecule has 0 heterocycles. The Balaban J connectivity index is 0.000000276. The summed E-state index contributed by atoms with van der Waals surface area (Å²) < 4.78 is 4.87. The van der Waals surface area contributed by atoms with Crippen LogP contribution in [0.15, 0.2) is 48.5 Å². The van der Waals surface area contributed by atoms with Gasteiger partial charge in [-0.05, 0) is 41.8 Å². The van der Waals surface area contributed by atoms with E-state index in [1.54, 1.807) is 24.3 Å². The van der Waals surface area contributed by atoms with E-state index in [1.807, 2.05) is 24.3 Å². The molecule has 7 heteroatoms. The minimum atomic E-state index is -0.667. The second-order valence-corrected chi connectivity index (χ2v) is 6.28. The lowest BCUT2D eigenvalue weighted by Crippen LogP contribution is -2.23. The predicted octanol–water partition coefficient (Wildman–Crippen LogP) is 2.89. The first kappa shape index (κ1) is 22.5. The van der Waals surface area contributed by atoms with Crippen molar-refractivity contribution in [1.29, 1.82) is 0 Å². The van der Waals surface area contributed by atoms with Crippen LogP contribution in [-0.4, -0.2) is 57.6 Å². The zero-order valence-corrected chi connectivity index (χ0v) is 15.8. The first-order valence-electron chi connectivity index (χ1n) is 8.06. The summed E-state index contributed by atoms with van der Waals surface area (Å²) in [4.78, 5) is 0. The molecule has 0 radical (unpaired) electrons. The average Bonchev–Trinajstić information content (AvgIpc) is 2.65. The van der Waals surface area contributed by atoms with Crippen molar-refractivity contribution in [1.82, 2.24) is 0 Å². The number of hydrogen-bond acceptors (Lipinski definition) is 5. The minimum absolute atomic E-state index is 0.136. The molecular formula is C19H24Cl2O5. The third kappa shape index (κ3) is 9.85. The molecule has 0 aliphatic rings. The van der Waals surface area contributed by atoms with E-state index in [9.17, 15) is 0 Å². The Morgan fingerprint density at radius 2 is 1.04 bits per heavy atom. The minimum Gasteiger partial charge on any atom is -0.508 e. The molecule has 4 N–H and O–H groups in total. The van der Waals surface area contributed by atoms with Gasteiger partial charge in [0.15, 0.2) is 0 Å². The van der Waals surface area contributed by atoms with Gasteiger partial charge in [0.1, 0.15) is 11.5 Å². The number of aliphatic hydroxyl groups is 2. The maximum Gasteiger partial charge on any atom is 0.115 e. The van der Waals surface area contributed by atoms with Gasteiger partial charge in [0.2, 0.25) is 0 Å². The molecule has 2 unspecified atom stereocenters. The maximum atomic E-state index is 9.13. The summed E-state index contributed by atoms with van der Waals surface area (Å²) in [5, 5.41) is 36.0. The van der Waals surface area contributed by atoms with E-state index in [4.69, 9.17) is 48.4 Å². The Morgan fingerprint density at radius 3 is 1.35 bits per heavy atom. The standard InChI is InChI=1S/C13H12O2.C6H12Cl2O3/c14-12-5-1-10(2-6-12)9-11-3-7-13(15)8-4-11;7-1-5(9)3-11-4-6(10)2-8/h1-8,14-15H,9H2;5-6,9-10H,1-4H2. The van der Waals surface area contributed by atoms with Crippen LogP contribution in [0.1, 0.15) is 11.1 Å². The smallest absolute Gasteiger partial charge is 0.115 e. The van der Waals surface area contributed by atoms with Crippen LogP contribution in [0.25, 0.3) is 0 Å². The number of aromatic hydroxyl groups is 2. The number of hydrogen-bond donors (Lipinski definition) is 4. The summed E-state index contributed by atoms with van der Waals surface area (Å²) in [6.07, 6.45) is -0.529. The fourth-order valence-corrected chi connectivity index (χ4v) is 2.07. The summed E-state index contributed by atoms with van der Waals surface area (Å²) in [7, 11) is 0. The molecule has 0 saturated carbocycles. The van der Waals surface area contributed by atoms with Crippen molar-refractivity contribution in [3.05, 3.63) is 59.7 Å². The second kappa shape index (κ2) is 12.8. The molecule has 0 amide bonds. The van der Waals surface area contributed by atoms with Gasteiger partial charge in [-0.1, -0.05) is 24.3 Å². The highest BCUT2D eigenvalue weighted by molar-refractivity contribution is 6.18. The quantitative estimate of drug-likeness (QED) is 0.509. The topological polar surface area (TPSA) is 90.2 Å². The molecular weight excluding hydrogens is 379 g/mol. The normalized spacial score (nSPS) is 12.8. The van der Waals surface area contributed by atoms with E-state index in [2.05, 4.69) is 0 Å².